The molecule has 0 fully saturated rings. The molecule has 0 saturated carbocycles. The van der Waals surface area contributed by atoms with E-state index in [-0.39, 0.29) is 5.56 Å². The second kappa shape index (κ2) is 9.56. The zero-order valence-corrected chi connectivity index (χ0v) is 22.3. The summed E-state index contributed by atoms with van der Waals surface area (Å²) in [5.74, 6) is 0. The SMILES string of the molecule is CCn1c(=O)/c(=C2\Sc3cc(C)ccc3N2C)s/c1=C\c1scc[n+]1CCc1ccccc1C. The summed E-state index contributed by atoms with van der Waals surface area (Å²) in [6.07, 6.45) is 5.31. The lowest BCUT2D eigenvalue weighted by molar-refractivity contribution is -0.693. The van der Waals surface area contributed by atoms with Gasteiger partial charge in [-0.2, -0.15) is 4.57 Å². The van der Waals surface area contributed by atoms with Crippen molar-refractivity contribution in [3.05, 3.63) is 95.3 Å². The summed E-state index contributed by atoms with van der Waals surface area (Å²) in [4.78, 5) is 16.8. The highest BCUT2D eigenvalue weighted by Gasteiger charge is 2.25. The van der Waals surface area contributed by atoms with Gasteiger partial charge in [0.2, 0.25) is 0 Å². The average molecular weight is 507 g/mol. The lowest BCUT2D eigenvalue weighted by atomic mass is 10.1. The minimum Gasteiger partial charge on any atom is -0.337 e. The molecule has 174 valence electrons. The second-order valence-electron chi connectivity index (χ2n) is 8.51. The lowest BCUT2D eigenvalue weighted by Crippen LogP contribution is -2.36. The Morgan fingerprint density at radius 3 is 2.74 bits per heavy atom. The third-order valence-corrected chi connectivity index (χ3v) is 9.57. The number of fused-ring (bicyclic) bond motifs is 1. The van der Waals surface area contributed by atoms with Crippen molar-refractivity contribution in [2.24, 2.45) is 0 Å². The fraction of sp³-hybridized carbons (Fsp3) is 0.259. The normalized spacial score (nSPS) is 15.3. The first-order valence-corrected chi connectivity index (χ1v) is 14.0. The second-order valence-corrected chi connectivity index (χ2v) is 11.5. The van der Waals surface area contributed by atoms with Gasteiger partial charge in [-0.05, 0) is 49.6 Å². The van der Waals surface area contributed by atoms with Crippen LogP contribution in [0.2, 0.25) is 0 Å². The van der Waals surface area contributed by atoms with Crippen LogP contribution in [-0.2, 0) is 19.5 Å². The van der Waals surface area contributed by atoms with Crippen molar-refractivity contribution in [1.82, 2.24) is 4.57 Å². The highest BCUT2D eigenvalue weighted by Crippen LogP contribution is 2.45. The molecule has 0 unspecified atom stereocenters. The topological polar surface area (TPSA) is 29.1 Å². The fourth-order valence-electron chi connectivity index (χ4n) is 4.28. The van der Waals surface area contributed by atoms with E-state index >= 15 is 0 Å². The van der Waals surface area contributed by atoms with E-state index < -0.39 is 0 Å². The molecule has 5 rings (SSSR count). The molecular formula is C27H28N3OS3+. The standard InChI is InChI=1S/C27H28N3OS3/c1-5-30-24(17-23-29(14-15-32-23)13-12-20-9-7-6-8-19(20)3)34-25(26(30)31)27-28(4)21-11-10-18(2)16-22(21)33-27/h6-11,14-17H,5,12-13H2,1-4H3/q+1/b27-25+. The van der Waals surface area contributed by atoms with Crippen molar-refractivity contribution in [2.75, 3.05) is 11.9 Å². The summed E-state index contributed by atoms with van der Waals surface area (Å²) in [7, 11) is 2.06. The summed E-state index contributed by atoms with van der Waals surface area (Å²) in [6.45, 7) is 7.90. The Morgan fingerprint density at radius 2 is 1.94 bits per heavy atom. The summed E-state index contributed by atoms with van der Waals surface area (Å²) in [6, 6.07) is 15.0. The molecular weight excluding hydrogens is 479 g/mol. The summed E-state index contributed by atoms with van der Waals surface area (Å²) < 4.78 is 6.02. The third-order valence-electron chi connectivity index (χ3n) is 6.25. The molecule has 1 aliphatic heterocycles. The molecule has 3 heterocycles. The van der Waals surface area contributed by atoms with E-state index in [1.807, 2.05) is 11.5 Å². The Bertz CT molecular complexity index is 1540. The van der Waals surface area contributed by atoms with Gasteiger partial charge in [-0.15, -0.1) is 11.3 Å². The van der Waals surface area contributed by atoms with Crippen molar-refractivity contribution in [3.63, 3.8) is 0 Å². The highest BCUT2D eigenvalue weighted by atomic mass is 32.2. The van der Waals surface area contributed by atoms with Crippen LogP contribution in [0.4, 0.5) is 5.69 Å². The van der Waals surface area contributed by atoms with Gasteiger partial charge in [0.15, 0.2) is 12.7 Å². The van der Waals surface area contributed by atoms with E-state index in [4.69, 9.17) is 0 Å². The van der Waals surface area contributed by atoms with Gasteiger partial charge in [-0.3, -0.25) is 9.36 Å². The van der Waals surface area contributed by atoms with Gasteiger partial charge in [0, 0.05) is 24.9 Å². The molecule has 0 amide bonds. The highest BCUT2D eigenvalue weighted by molar-refractivity contribution is 8.08. The Hall–Kier alpha value is -2.61. The molecule has 2 aromatic heterocycles. The van der Waals surface area contributed by atoms with E-state index in [9.17, 15) is 4.79 Å². The van der Waals surface area contributed by atoms with Crippen LogP contribution in [0.5, 0.6) is 0 Å². The van der Waals surface area contributed by atoms with Gasteiger partial charge in [0.05, 0.1) is 17.1 Å². The largest absolute Gasteiger partial charge is 0.337 e. The molecule has 0 N–H and O–H groups in total. The van der Waals surface area contributed by atoms with E-state index in [1.165, 1.54) is 32.3 Å². The molecule has 0 radical (unpaired) electrons. The number of benzene rings is 2. The fourth-order valence-corrected chi connectivity index (χ4v) is 7.72. The maximum Gasteiger partial charge on any atom is 0.271 e. The molecule has 4 aromatic rings. The van der Waals surface area contributed by atoms with Crippen molar-refractivity contribution >= 4 is 51.2 Å². The first kappa shape index (κ1) is 23.1. The maximum absolute atomic E-state index is 13.4. The van der Waals surface area contributed by atoms with Gasteiger partial charge >= 0.3 is 0 Å². The number of aryl methyl sites for hydroxylation is 4. The van der Waals surface area contributed by atoms with Crippen molar-refractivity contribution in [1.29, 1.82) is 0 Å². The molecule has 1 aliphatic rings. The van der Waals surface area contributed by atoms with Gasteiger partial charge < -0.3 is 4.90 Å². The van der Waals surface area contributed by atoms with Gasteiger partial charge in [0.25, 0.3) is 10.6 Å². The van der Waals surface area contributed by atoms with Crippen LogP contribution in [-0.4, -0.2) is 11.6 Å². The number of hydrogen-bond donors (Lipinski definition) is 0. The average Bonchev–Trinajstić information content (AvgIpc) is 3.49. The minimum atomic E-state index is 0.0978. The van der Waals surface area contributed by atoms with Crippen LogP contribution in [0.25, 0.3) is 11.1 Å². The number of thioether (sulfide) groups is 1. The third kappa shape index (κ3) is 4.28. The van der Waals surface area contributed by atoms with Crippen molar-refractivity contribution in [3.8, 4) is 0 Å². The van der Waals surface area contributed by atoms with E-state index in [1.54, 1.807) is 34.4 Å². The minimum absolute atomic E-state index is 0.0978. The summed E-state index contributed by atoms with van der Waals surface area (Å²) in [5, 5.41) is 4.32. The number of thiazole rings is 2. The monoisotopic (exact) mass is 506 g/mol. The molecule has 4 nitrogen and oxygen atoms in total. The molecule has 7 heteroatoms. The molecule has 0 atom stereocenters. The van der Waals surface area contributed by atoms with Crippen LogP contribution < -0.4 is 24.2 Å². The van der Waals surface area contributed by atoms with Crippen molar-refractivity contribution < 1.29 is 4.57 Å². The zero-order chi connectivity index (χ0) is 23.8. The Morgan fingerprint density at radius 1 is 1.12 bits per heavy atom. The molecule has 2 aromatic carbocycles. The van der Waals surface area contributed by atoms with Gasteiger partial charge in [-0.25, -0.2) is 0 Å². The van der Waals surface area contributed by atoms with Crippen molar-refractivity contribution in [2.45, 2.75) is 45.2 Å². The molecule has 0 spiro atoms. The van der Waals surface area contributed by atoms with E-state index in [0.717, 1.165) is 27.2 Å². The van der Waals surface area contributed by atoms with Gasteiger partial charge in [-0.1, -0.05) is 53.4 Å². The number of hydrogen-bond acceptors (Lipinski definition) is 5. The van der Waals surface area contributed by atoms with Crippen LogP contribution >= 0.6 is 34.4 Å². The van der Waals surface area contributed by atoms with E-state index in [0.29, 0.717) is 6.54 Å². The van der Waals surface area contributed by atoms with Gasteiger partial charge in [0.1, 0.15) is 14.2 Å². The number of rotatable bonds is 5. The Balaban J connectivity index is 1.54. The van der Waals surface area contributed by atoms with Crippen LogP contribution in [0, 0.1) is 13.8 Å². The number of aromatic nitrogens is 2. The molecule has 0 saturated heterocycles. The summed E-state index contributed by atoms with van der Waals surface area (Å²) >= 11 is 5.02. The smallest absolute Gasteiger partial charge is 0.271 e. The van der Waals surface area contributed by atoms with E-state index in [2.05, 4.69) is 90.5 Å². The molecule has 34 heavy (non-hydrogen) atoms. The first-order valence-electron chi connectivity index (χ1n) is 11.5. The zero-order valence-electron chi connectivity index (χ0n) is 19.9. The van der Waals surface area contributed by atoms with Crippen LogP contribution in [0.3, 0.4) is 0 Å². The molecule has 0 bridgehead atoms. The van der Waals surface area contributed by atoms with Crippen LogP contribution in [0.15, 0.2) is 63.7 Å². The predicted molar refractivity (Wildman–Crippen MR) is 145 cm³/mol. The molecule has 0 aliphatic carbocycles. The Labute approximate surface area is 212 Å². The first-order chi connectivity index (χ1) is 16.5. The van der Waals surface area contributed by atoms with Crippen LogP contribution in [0.1, 0.15) is 28.6 Å². The Kier molecular flexibility index (Phi) is 6.51. The maximum atomic E-state index is 13.4. The quantitative estimate of drug-likeness (QED) is 0.379. The lowest BCUT2D eigenvalue weighted by Gasteiger charge is -2.12. The number of anilines is 1. The predicted octanol–water partition coefficient (Wildman–Crippen LogP) is 4.27. The summed E-state index contributed by atoms with van der Waals surface area (Å²) in [5.41, 5.74) is 5.21. The number of nitrogens with zero attached hydrogens (tertiary/aromatic N) is 3.